The second-order valence-corrected chi connectivity index (χ2v) is 1.96. The number of carboxylic acids is 1. The topological polar surface area (TPSA) is 37.3 Å². The third-order valence-electron chi connectivity index (χ3n) is 0.434. The second kappa shape index (κ2) is 6.52. The molecule has 4 heteroatoms. The molecule has 0 aliphatic carbocycles. The summed E-state index contributed by atoms with van der Waals surface area (Å²) in [6, 6.07) is 0. The van der Waals surface area contributed by atoms with Crippen molar-refractivity contribution in [3.63, 3.8) is 0 Å². The van der Waals surface area contributed by atoms with Crippen molar-refractivity contribution in [2.75, 3.05) is 0 Å². The van der Waals surface area contributed by atoms with Crippen LogP contribution in [0.15, 0.2) is 18.1 Å². The first-order chi connectivity index (χ1) is 3.68. The Balaban J connectivity index is 0. The summed E-state index contributed by atoms with van der Waals surface area (Å²) in [7, 11) is 0. The smallest absolute Gasteiger partial charge is 0.339 e. The van der Waals surface area contributed by atoms with E-state index >= 15 is 0 Å². The molecule has 0 amide bonds. The Morgan fingerprint density at radius 2 is 2.11 bits per heavy atom. The van der Waals surface area contributed by atoms with Gasteiger partial charge in [0.1, 0.15) is 0 Å². The molecule has 0 aromatic heterocycles. The number of carbonyl (C=O) groups is 1. The van der Waals surface area contributed by atoms with Crippen LogP contribution < -0.4 is 0 Å². The van der Waals surface area contributed by atoms with E-state index in [2.05, 4.69) is 18.6 Å². The van der Waals surface area contributed by atoms with E-state index in [1.165, 1.54) is 0 Å². The van der Waals surface area contributed by atoms with E-state index in [4.69, 9.17) is 5.11 Å². The van der Waals surface area contributed by atoms with Crippen LogP contribution >= 0.6 is 11.8 Å². The Hall–Kier alpha value is 0.404. The van der Waals surface area contributed by atoms with Crippen LogP contribution in [0, 0.1) is 5.41 Å². The Bertz CT molecular complexity index is 133. The molecule has 0 aromatic rings. The SMILES string of the molecule is C=[C-]SC(=C)C(=O)O.[Y]. The molecule has 0 spiro atoms. The fourth-order valence-electron chi connectivity index (χ4n) is 0.131. The van der Waals surface area contributed by atoms with Crippen LogP contribution in [0.5, 0.6) is 0 Å². The number of thioether (sulfide) groups is 1. The van der Waals surface area contributed by atoms with Gasteiger partial charge in [-0.15, -0.1) is 0 Å². The molecular weight excluding hydrogens is 213 g/mol. The normalized spacial score (nSPS) is 7.11. The fraction of sp³-hybridized carbons (Fsp3) is 0. The molecule has 9 heavy (non-hydrogen) atoms. The first-order valence-electron chi connectivity index (χ1n) is 1.79. The second-order valence-electron chi connectivity index (χ2n) is 0.975. The van der Waals surface area contributed by atoms with Crippen molar-refractivity contribution in [1.29, 1.82) is 0 Å². The zero-order valence-corrected chi connectivity index (χ0v) is 8.41. The quantitative estimate of drug-likeness (QED) is 0.572. The van der Waals surface area contributed by atoms with Gasteiger partial charge in [0.15, 0.2) is 0 Å². The van der Waals surface area contributed by atoms with Gasteiger partial charge in [-0.2, -0.15) is 0 Å². The van der Waals surface area contributed by atoms with E-state index in [0.717, 1.165) is 11.8 Å². The molecule has 1 radical (unpaired) electrons. The number of hydrogen-bond acceptors (Lipinski definition) is 2. The molecule has 47 valence electrons. The van der Waals surface area contributed by atoms with E-state index in [1.54, 1.807) is 0 Å². The summed E-state index contributed by atoms with van der Waals surface area (Å²) in [6.45, 7) is 6.40. The van der Waals surface area contributed by atoms with Gasteiger partial charge in [0.25, 0.3) is 0 Å². The van der Waals surface area contributed by atoms with Gasteiger partial charge in [-0.3, -0.25) is 6.58 Å². The minimum atomic E-state index is -1.02. The zero-order chi connectivity index (χ0) is 6.57. The molecule has 0 bridgehead atoms. The summed E-state index contributed by atoms with van der Waals surface area (Å²) in [5, 5.41) is 10.5. The third-order valence-corrected chi connectivity index (χ3v) is 0.999. The third kappa shape index (κ3) is 6.29. The summed E-state index contributed by atoms with van der Waals surface area (Å²) in [5.41, 5.74) is 0. The number of hydrogen-bond donors (Lipinski definition) is 1. The molecule has 0 heterocycles. The van der Waals surface area contributed by atoms with Crippen molar-refractivity contribution >= 4 is 17.7 Å². The maximum absolute atomic E-state index is 9.90. The van der Waals surface area contributed by atoms with Gasteiger partial charge in [-0.1, -0.05) is 6.58 Å². The summed E-state index contributed by atoms with van der Waals surface area (Å²) >= 11 is 0.884. The minimum absolute atomic E-state index is 0. The zero-order valence-electron chi connectivity index (χ0n) is 4.76. The van der Waals surface area contributed by atoms with E-state index in [0.29, 0.717) is 0 Å². The molecule has 0 unspecified atom stereocenters. The van der Waals surface area contributed by atoms with Crippen molar-refractivity contribution in [1.82, 2.24) is 0 Å². The predicted molar refractivity (Wildman–Crippen MR) is 33.2 cm³/mol. The Labute approximate surface area is 83.3 Å². The maximum atomic E-state index is 9.90. The monoisotopic (exact) mass is 218 g/mol. The van der Waals surface area contributed by atoms with Gasteiger partial charge in [-0.25, -0.2) is 4.79 Å². The van der Waals surface area contributed by atoms with E-state index < -0.39 is 5.97 Å². The Kier molecular flexibility index (Phi) is 8.78. The molecular formula is C5H5O2SY-. The maximum Gasteiger partial charge on any atom is 0.339 e. The van der Waals surface area contributed by atoms with Crippen molar-refractivity contribution in [3.8, 4) is 0 Å². The predicted octanol–water partition coefficient (Wildman–Crippen LogP) is 1.26. The van der Waals surface area contributed by atoms with Crippen LogP contribution in [-0.4, -0.2) is 11.1 Å². The van der Waals surface area contributed by atoms with Crippen molar-refractivity contribution < 1.29 is 42.6 Å². The molecule has 0 aromatic carbocycles. The molecule has 0 aliphatic rings. The Morgan fingerprint density at radius 1 is 1.67 bits per heavy atom. The first kappa shape index (κ1) is 12.1. The number of rotatable bonds is 3. The summed E-state index contributed by atoms with van der Waals surface area (Å²) in [4.78, 5) is 9.94. The van der Waals surface area contributed by atoms with Crippen LogP contribution in [0.2, 0.25) is 0 Å². The standard InChI is InChI=1S/C5H5O2S.Y/c1-3-8-4(2)5(6)7;/h1-2H2,(H,6,7);/q-1;. The number of aliphatic carboxylic acids is 1. The molecule has 0 saturated heterocycles. The van der Waals surface area contributed by atoms with E-state index in [9.17, 15) is 4.79 Å². The van der Waals surface area contributed by atoms with Gasteiger partial charge in [-0.05, 0) is 0 Å². The minimum Gasteiger partial charge on any atom is -0.477 e. The van der Waals surface area contributed by atoms with Crippen LogP contribution in [0.1, 0.15) is 0 Å². The average molecular weight is 218 g/mol. The molecule has 0 atom stereocenters. The van der Waals surface area contributed by atoms with Crippen molar-refractivity contribution in [2.45, 2.75) is 0 Å². The van der Waals surface area contributed by atoms with Gasteiger partial charge in [0, 0.05) is 32.7 Å². The molecule has 2 nitrogen and oxygen atoms in total. The van der Waals surface area contributed by atoms with Gasteiger partial charge < -0.3 is 22.3 Å². The molecule has 0 saturated carbocycles. The first-order valence-corrected chi connectivity index (χ1v) is 2.61. The average Bonchev–Trinajstić information content (AvgIpc) is 1.67. The fourth-order valence-corrected chi connectivity index (χ4v) is 0.392. The van der Waals surface area contributed by atoms with E-state index in [1.807, 2.05) is 0 Å². The molecule has 0 rings (SSSR count). The van der Waals surface area contributed by atoms with Gasteiger partial charge in [0.05, 0.1) is 4.91 Å². The summed E-state index contributed by atoms with van der Waals surface area (Å²) in [6.07, 6.45) is 0. The van der Waals surface area contributed by atoms with Crippen molar-refractivity contribution in [3.05, 3.63) is 23.5 Å². The molecule has 0 fully saturated rings. The molecule has 0 aliphatic heterocycles. The summed E-state index contributed by atoms with van der Waals surface area (Å²) in [5.74, 6) is -1.02. The van der Waals surface area contributed by atoms with Gasteiger partial charge >= 0.3 is 5.97 Å². The Morgan fingerprint density at radius 3 is 2.22 bits per heavy atom. The van der Waals surface area contributed by atoms with Crippen LogP contribution in [-0.2, 0) is 37.5 Å². The van der Waals surface area contributed by atoms with Gasteiger partial charge in [0.2, 0.25) is 0 Å². The van der Waals surface area contributed by atoms with Crippen LogP contribution in [0.3, 0.4) is 0 Å². The van der Waals surface area contributed by atoms with Crippen molar-refractivity contribution in [2.24, 2.45) is 0 Å². The molecule has 1 N–H and O–H groups in total. The number of carboxylic acid groups (broad SMARTS) is 1. The largest absolute Gasteiger partial charge is 0.477 e. The van der Waals surface area contributed by atoms with Crippen LogP contribution in [0.25, 0.3) is 0 Å². The van der Waals surface area contributed by atoms with E-state index in [-0.39, 0.29) is 37.6 Å². The van der Waals surface area contributed by atoms with Crippen LogP contribution in [0.4, 0.5) is 0 Å². The summed E-state index contributed by atoms with van der Waals surface area (Å²) < 4.78 is 0.